The molecule has 1 aromatic heterocycles. The molecule has 1 aliphatic rings. The monoisotopic (exact) mass is 374 g/mol. The summed E-state index contributed by atoms with van der Waals surface area (Å²) in [6.07, 6.45) is 3.75. The van der Waals surface area contributed by atoms with E-state index in [0.29, 0.717) is 17.4 Å². The van der Waals surface area contributed by atoms with Crippen molar-refractivity contribution in [1.82, 2.24) is 20.0 Å². The number of carbonyl (C=O) groups is 1. The number of amides is 1. The summed E-state index contributed by atoms with van der Waals surface area (Å²) in [5, 5.41) is 8.21. The quantitative estimate of drug-likeness (QED) is 0.560. The number of aromatic nitrogens is 2. The molecule has 0 saturated carbocycles. The van der Waals surface area contributed by atoms with Crippen LogP contribution >= 0.6 is 12.2 Å². The van der Waals surface area contributed by atoms with Crippen molar-refractivity contribution in [1.29, 1.82) is 0 Å². The Morgan fingerprint density at radius 1 is 1.07 bits per heavy atom. The molecule has 0 aliphatic carbocycles. The van der Waals surface area contributed by atoms with Crippen LogP contribution in [0.3, 0.4) is 0 Å². The molecule has 0 atom stereocenters. The van der Waals surface area contributed by atoms with Crippen molar-refractivity contribution >= 4 is 29.3 Å². The van der Waals surface area contributed by atoms with E-state index in [9.17, 15) is 4.79 Å². The third kappa shape index (κ3) is 3.27. The maximum atomic E-state index is 12.6. The molecular weight excluding hydrogens is 356 g/mol. The molecule has 1 aliphatic heterocycles. The van der Waals surface area contributed by atoms with Crippen LogP contribution in [0.25, 0.3) is 23.0 Å². The molecule has 6 heteroatoms. The molecule has 2 aromatic carbocycles. The molecule has 1 N–H and O–H groups in total. The number of thiocarbonyl (C=S) groups is 1. The SMILES string of the molecule is CCN1C(=O)C(=Cc2cn(-c3ccccc3)nc2-c2ccccc2)NC1=S. The number of likely N-dealkylation sites (N-methyl/N-ethyl adjacent to an activating group) is 1. The lowest BCUT2D eigenvalue weighted by Crippen LogP contribution is -2.30. The molecule has 1 amide bonds. The van der Waals surface area contributed by atoms with Gasteiger partial charge >= 0.3 is 0 Å². The van der Waals surface area contributed by atoms with Crippen molar-refractivity contribution in [2.45, 2.75) is 6.92 Å². The fourth-order valence-corrected chi connectivity index (χ4v) is 3.36. The summed E-state index contributed by atoms with van der Waals surface area (Å²) in [5.41, 5.74) is 4.06. The van der Waals surface area contributed by atoms with E-state index in [1.807, 2.05) is 84.5 Å². The van der Waals surface area contributed by atoms with E-state index in [-0.39, 0.29) is 5.91 Å². The van der Waals surface area contributed by atoms with Crippen LogP contribution in [0, 0.1) is 0 Å². The van der Waals surface area contributed by atoms with E-state index in [2.05, 4.69) is 5.32 Å². The van der Waals surface area contributed by atoms with Crippen LogP contribution in [-0.4, -0.2) is 32.2 Å². The lowest BCUT2D eigenvalue weighted by molar-refractivity contribution is -0.122. The number of para-hydroxylation sites is 1. The van der Waals surface area contributed by atoms with Crippen LogP contribution in [0.1, 0.15) is 12.5 Å². The van der Waals surface area contributed by atoms with Gasteiger partial charge in [-0.05, 0) is 37.4 Å². The number of carbonyl (C=O) groups excluding carboxylic acids is 1. The minimum Gasteiger partial charge on any atom is -0.328 e. The summed E-state index contributed by atoms with van der Waals surface area (Å²) in [5.74, 6) is -0.117. The second-order valence-corrected chi connectivity index (χ2v) is 6.50. The molecule has 2 heterocycles. The highest BCUT2D eigenvalue weighted by atomic mass is 32.1. The van der Waals surface area contributed by atoms with Gasteiger partial charge in [-0.25, -0.2) is 4.68 Å². The third-order valence-electron chi connectivity index (χ3n) is 4.39. The maximum absolute atomic E-state index is 12.6. The summed E-state index contributed by atoms with van der Waals surface area (Å²) in [7, 11) is 0. The number of nitrogens with zero attached hydrogens (tertiary/aromatic N) is 3. The second-order valence-electron chi connectivity index (χ2n) is 6.12. The van der Waals surface area contributed by atoms with Gasteiger partial charge in [-0.1, -0.05) is 48.5 Å². The van der Waals surface area contributed by atoms with Gasteiger partial charge in [0, 0.05) is 23.9 Å². The molecule has 0 spiro atoms. The van der Waals surface area contributed by atoms with Gasteiger partial charge in [-0.15, -0.1) is 0 Å². The summed E-state index contributed by atoms with van der Waals surface area (Å²) >= 11 is 5.25. The molecule has 0 radical (unpaired) electrons. The summed E-state index contributed by atoms with van der Waals surface area (Å²) in [6.45, 7) is 2.44. The van der Waals surface area contributed by atoms with Crippen molar-refractivity contribution in [2.24, 2.45) is 0 Å². The largest absolute Gasteiger partial charge is 0.328 e. The van der Waals surface area contributed by atoms with E-state index in [1.165, 1.54) is 0 Å². The average molecular weight is 374 g/mol. The van der Waals surface area contributed by atoms with Crippen LogP contribution in [0.4, 0.5) is 0 Å². The first-order valence-corrected chi connectivity index (χ1v) is 9.13. The predicted octanol–water partition coefficient (Wildman–Crippen LogP) is 3.62. The minimum absolute atomic E-state index is 0.117. The van der Waals surface area contributed by atoms with Crippen molar-refractivity contribution in [3.05, 3.63) is 78.1 Å². The van der Waals surface area contributed by atoms with Gasteiger partial charge in [-0.2, -0.15) is 5.10 Å². The van der Waals surface area contributed by atoms with Crippen molar-refractivity contribution < 1.29 is 4.79 Å². The normalized spacial score (nSPS) is 15.4. The molecule has 0 bridgehead atoms. The number of benzene rings is 2. The number of hydrogen-bond acceptors (Lipinski definition) is 3. The molecule has 3 aromatic rings. The Balaban J connectivity index is 1.82. The van der Waals surface area contributed by atoms with Gasteiger partial charge in [0.05, 0.1) is 5.69 Å². The standard InChI is InChI=1S/C21H18N4OS/c1-2-24-20(26)18(22-21(24)27)13-16-14-25(17-11-7-4-8-12-17)23-19(16)15-9-5-3-6-10-15/h3-14H,2H2,1H3,(H,22,27). The van der Waals surface area contributed by atoms with Gasteiger partial charge in [-0.3, -0.25) is 9.69 Å². The van der Waals surface area contributed by atoms with E-state index in [0.717, 1.165) is 22.5 Å². The van der Waals surface area contributed by atoms with Gasteiger partial charge in [0.25, 0.3) is 5.91 Å². The Kier molecular flexibility index (Phi) is 4.56. The van der Waals surface area contributed by atoms with E-state index < -0.39 is 0 Å². The third-order valence-corrected chi connectivity index (χ3v) is 4.71. The first-order valence-electron chi connectivity index (χ1n) is 8.72. The minimum atomic E-state index is -0.117. The first-order chi connectivity index (χ1) is 13.2. The number of rotatable bonds is 4. The zero-order valence-corrected chi connectivity index (χ0v) is 15.6. The van der Waals surface area contributed by atoms with Gasteiger partial charge in [0.2, 0.25) is 0 Å². The van der Waals surface area contributed by atoms with Crippen LogP contribution in [0.15, 0.2) is 72.6 Å². The zero-order valence-electron chi connectivity index (χ0n) is 14.8. The Bertz CT molecular complexity index is 1020. The van der Waals surface area contributed by atoms with Crippen LogP contribution in [0.5, 0.6) is 0 Å². The topological polar surface area (TPSA) is 50.2 Å². The molecule has 134 valence electrons. The smallest absolute Gasteiger partial charge is 0.276 e. The Labute approximate surface area is 162 Å². The molecule has 0 unspecified atom stereocenters. The summed E-state index contributed by atoms with van der Waals surface area (Å²) in [6, 6.07) is 19.8. The Morgan fingerprint density at radius 2 is 1.74 bits per heavy atom. The highest BCUT2D eigenvalue weighted by Crippen LogP contribution is 2.26. The molecule has 4 rings (SSSR count). The van der Waals surface area contributed by atoms with E-state index >= 15 is 0 Å². The van der Waals surface area contributed by atoms with E-state index in [1.54, 1.807) is 4.90 Å². The van der Waals surface area contributed by atoms with Crippen LogP contribution in [0.2, 0.25) is 0 Å². The van der Waals surface area contributed by atoms with Crippen LogP contribution in [-0.2, 0) is 4.79 Å². The maximum Gasteiger partial charge on any atom is 0.276 e. The van der Waals surface area contributed by atoms with Gasteiger partial charge in [0.1, 0.15) is 11.4 Å². The molecule has 27 heavy (non-hydrogen) atoms. The van der Waals surface area contributed by atoms with Crippen molar-refractivity contribution in [2.75, 3.05) is 6.54 Å². The zero-order chi connectivity index (χ0) is 18.8. The lowest BCUT2D eigenvalue weighted by Gasteiger charge is -2.08. The van der Waals surface area contributed by atoms with Crippen molar-refractivity contribution in [3.8, 4) is 16.9 Å². The van der Waals surface area contributed by atoms with Crippen LogP contribution < -0.4 is 5.32 Å². The lowest BCUT2D eigenvalue weighted by atomic mass is 10.1. The summed E-state index contributed by atoms with van der Waals surface area (Å²) in [4.78, 5) is 14.1. The fourth-order valence-electron chi connectivity index (χ4n) is 3.04. The number of hydrogen-bond donors (Lipinski definition) is 1. The molecule has 1 fully saturated rings. The Morgan fingerprint density at radius 3 is 2.37 bits per heavy atom. The van der Waals surface area contributed by atoms with E-state index in [4.69, 9.17) is 17.3 Å². The molecular formula is C21H18N4OS. The Hall–Kier alpha value is -3.25. The first kappa shape index (κ1) is 17.2. The fraction of sp³-hybridized carbons (Fsp3) is 0.0952. The molecule has 5 nitrogen and oxygen atoms in total. The number of nitrogens with one attached hydrogen (secondary N) is 1. The van der Waals surface area contributed by atoms with Crippen molar-refractivity contribution in [3.63, 3.8) is 0 Å². The average Bonchev–Trinajstić information content (AvgIpc) is 3.24. The van der Waals surface area contributed by atoms with Gasteiger partial charge in [0.15, 0.2) is 5.11 Å². The summed E-state index contributed by atoms with van der Waals surface area (Å²) < 4.78 is 1.82. The predicted molar refractivity (Wildman–Crippen MR) is 110 cm³/mol. The highest BCUT2D eigenvalue weighted by molar-refractivity contribution is 7.80. The second kappa shape index (κ2) is 7.17. The highest BCUT2D eigenvalue weighted by Gasteiger charge is 2.29. The molecule has 1 saturated heterocycles. The van der Waals surface area contributed by atoms with Gasteiger partial charge < -0.3 is 5.32 Å².